The van der Waals surface area contributed by atoms with E-state index in [0.29, 0.717) is 23.9 Å². The third kappa shape index (κ3) is 3.87. The number of aromatic nitrogens is 2. The maximum Gasteiger partial charge on any atom is 0.247 e. The van der Waals surface area contributed by atoms with E-state index in [1.54, 1.807) is 24.3 Å². The van der Waals surface area contributed by atoms with Gasteiger partial charge in [0.15, 0.2) is 0 Å². The molecule has 0 saturated heterocycles. The first-order valence-corrected chi connectivity index (χ1v) is 7.49. The Morgan fingerprint density at radius 1 is 1.12 bits per heavy atom. The molecule has 0 unspecified atom stereocenters. The Morgan fingerprint density at radius 3 is 2.75 bits per heavy atom. The minimum absolute atomic E-state index is 0.136. The summed E-state index contributed by atoms with van der Waals surface area (Å²) in [6.45, 7) is 0. The van der Waals surface area contributed by atoms with E-state index in [1.165, 1.54) is 0 Å². The van der Waals surface area contributed by atoms with Crippen LogP contribution in [-0.2, 0) is 11.2 Å². The van der Waals surface area contributed by atoms with Crippen molar-refractivity contribution in [1.82, 2.24) is 10.2 Å². The molecule has 3 rings (SSSR count). The maximum absolute atomic E-state index is 12.0. The Bertz CT molecular complexity index is 879. The van der Waals surface area contributed by atoms with Gasteiger partial charge >= 0.3 is 0 Å². The van der Waals surface area contributed by atoms with E-state index >= 15 is 0 Å². The average Bonchev–Trinajstić information content (AvgIpc) is 3.10. The van der Waals surface area contributed by atoms with E-state index in [2.05, 4.69) is 21.4 Å². The lowest BCUT2D eigenvalue weighted by Gasteiger charge is -2.04. The highest BCUT2D eigenvalue weighted by Crippen LogP contribution is 2.17. The van der Waals surface area contributed by atoms with Crippen LogP contribution in [0.2, 0.25) is 0 Å². The summed E-state index contributed by atoms with van der Waals surface area (Å²) in [5.41, 5.74) is 2.25. The SMILES string of the molecule is C#Cc1cccc(NC(=O)CCc2nnc(-c3ccccc3)o2)c1. The van der Waals surface area contributed by atoms with E-state index < -0.39 is 0 Å². The van der Waals surface area contributed by atoms with Crippen LogP contribution in [-0.4, -0.2) is 16.1 Å². The van der Waals surface area contributed by atoms with Gasteiger partial charge in [-0.25, -0.2) is 0 Å². The maximum atomic E-state index is 12.0. The van der Waals surface area contributed by atoms with Crippen LogP contribution in [0.15, 0.2) is 59.0 Å². The number of aryl methyl sites for hydroxylation is 1. The fourth-order valence-corrected chi connectivity index (χ4v) is 2.18. The Labute approximate surface area is 139 Å². The third-order valence-electron chi connectivity index (χ3n) is 3.37. The van der Waals surface area contributed by atoms with Crippen LogP contribution in [0.5, 0.6) is 0 Å². The molecule has 1 amide bonds. The third-order valence-corrected chi connectivity index (χ3v) is 3.37. The summed E-state index contributed by atoms with van der Waals surface area (Å²) >= 11 is 0. The summed E-state index contributed by atoms with van der Waals surface area (Å²) in [6, 6.07) is 16.6. The summed E-state index contributed by atoms with van der Waals surface area (Å²) < 4.78 is 5.58. The molecule has 0 atom stereocenters. The average molecular weight is 317 g/mol. The van der Waals surface area contributed by atoms with Crippen molar-refractivity contribution in [3.05, 3.63) is 66.1 Å². The number of amides is 1. The van der Waals surface area contributed by atoms with E-state index in [0.717, 1.165) is 11.1 Å². The van der Waals surface area contributed by atoms with Crippen LogP contribution in [0.4, 0.5) is 5.69 Å². The van der Waals surface area contributed by atoms with E-state index in [4.69, 9.17) is 10.8 Å². The molecule has 1 heterocycles. The lowest BCUT2D eigenvalue weighted by atomic mass is 10.2. The number of nitrogens with zero attached hydrogens (tertiary/aromatic N) is 2. The molecule has 5 heteroatoms. The quantitative estimate of drug-likeness (QED) is 0.733. The summed E-state index contributed by atoms with van der Waals surface area (Å²) in [6.07, 6.45) is 5.97. The highest BCUT2D eigenvalue weighted by Gasteiger charge is 2.10. The molecule has 0 spiro atoms. The molecular weight excluding hydrogens is 302 g/mol. The first-order chi connectivity index (χ1) is 11.7. The highest BCUT2D eigenvalue weighted by atomic mass is 16.4. The number of benzene rings is 2. The number of rotatable bonds is 5. The molecule has 0 aliphatic rings. The molecule has 24 heavy (non-hydrogen) atoms. The monoisotopic (exact) mass is 317 g/mol. The number of anilines is 1. The molecule has 3 aromatic rings. The Balaban J connectivity index is 1.57. The summed E-state index contributed by atoms with van der Waals surface area (Å²) in [5.74, 6) is 3.28. The lowest BCUT2D eigenvalue weighted by molar-refractivity contribution is -0.116. The molecule has 0 aliphatic heterocycles. The van der Waals surface area contributed by atoms with Crippen molar-refractivity contribution in [2.45, 2.75) is 12.8 Å². The number of terminal acetylenes is 1. The number of nitrogens with one attached hydrogen (secondary N) is 1. The number of hydrogen-bond acceptors (Lipinski definition) is 4. The molecule has 1 aromatic heterocycles. The molecule has 0 aliphatic carbocycles. The zero-order chi connectivity index (χ0) is 16.8. The van der Waals surface area contributed by atoms with Crippen LogP contribution in [0.1, 0.15) is 17.9 Å². The van der Waals surface area contributed by atoms with Crippen LogP contribution >= 0.6 is 0 Å². The fraction of sp³-hybridized carbons (Fsp3) is 0.105. The fourth-order valence-electron chi connectivity index (χ4n) is 2.18. The van der Waals surface area contributed by atoms with E-state index in [1.807, 2.05) is 30.3 Å². The van der Waals surface area contributed by atoms with Crippen molar-refractivity contribution in [2.75, 3.05) is 5.32 Å². The van der Waals surface area contributed by atoms with E-state index in [9.17, 15) is 4.79 Å². The zero-order valence-electron chi connectivity index (χ0n) is 12.9. The van der Waals surface area contributed by atoms with Gasteiger partial charge in [-0.3, -0.25) is 4.79 Å². The van der Waals surface area contributed by atoms with Crippen LogP contribution in [0.25, 0.3) is 11.5 Å². The molecule has 1 N–H and O–H groups in total. The zero-order valence-corrected chi connectivity index (χ0v) is 12.9. The van der Waals surface area contributed by atoms with Crippen molar-refractivity contribution in [3.8, 4) is 23.8 Å². The van der Waals surface area contributed by atoms with Gasteiger partial charge in [0.05, 0.1) is 0 Å². The highest BCUT2D eigenvalue weighted by molar-refractivity contribution is 5.90. The van der Waals surface area contributed by atoms with Crippen LogP contribution < -0.4 is 5.32 Å². The Kier molecular flexibility index (Phi) is 4.68. The molecule has 2 aromatic carbocycles. The first-order valence-electron chi connectivity index (χ1n) is 7.49. The molecular formula is C19H15N3O2. The topological polar surface area (TPSA) is 68.0 Å². The first kappa shape index (κ1) is 15.5. The summed E-state index contributed by atoms with van der Waals surface area (Å²) in [4.78, 5) is 12.0. The molecule has 118 valence electrons. The molecule has 0 fully saturated rings. The van der Waals surface area contributed by atoms with E-state index in [-0.39, 0.29) is 12.3 Å². The second-order valence-electron chi connectivity index (χ2n) is 5.14. The normalized spacial score (nSPS) is 10.1. The van der Waals surface area contributed by atoms with Crippen molar-refractivity contribution in [2.24, 2.45) is 0 Å². The number of carbonyl (C=O) groups is 1. The molecule has 0 saturated carbocycles. The van der Waals surface area contributed by atoms with Crippen molar-refractivity contribution in [3.63, 3.8) is 0 Å². The number of carbonyl (C=O) groups excluding carboxylic acids is 1. The van der Waals surface area contributed by atoms with Gasteiger partial charge in [0.25, 0.3) is 0 Å². The minimum atomic E-state index is -0.136. The van der Waals surface area contributed by atoms with Gasteiger partial charge in [-0.1, -0.05) is 30.2 Å². The van der Waals surface area contributed by atoms with Gasteiger partial charge in [-0.15, -0.1) is 16.6 Å². The van der Waals surface area contributed by atoms with Crippen LogP contribution in [0, 0.1) is 12.3 Å². The van der Waals surface area contributed by atoms with Gasteiger partial charge in [0, 0.05) is 29.7 Å². The standard InChI is InChI=1S/C19H15N3O2/c1-2-14-7-6-10-16(13-14)20-17(23)11-12-18-21-22-19(24-18)15-8-4-3-5-9-15/h1,3-10,13H,11-12H2,(H,20,23). The Morgan fingerprint density at radius 2 is 1.96 bits per heavy atom. The van der Waals surface area contributed by atoms with Crippen molar-refractivity contribution < 1.29 is 9.21 Å². The smallest absolute Gasteiger partial charge is 0.247 e. The largest absolute Gasteiger partial charge is 0.421 e. The second-order valence-corrected chi connectivity index (χ2v) is 5.14. The van der Waals surface area contributed by atoms with Gasteiger partial charge in [-0.2, -0.15) is 0 Å². The predicted octanol–water partition coefficient (Wildman–Crippen LogP) is 3.29. The minimum Gasteiger partial charge on any atom is -0.421 e. The molecule has 0 bridgehead atoms. The molecule has 5 nitrogen and oxygen atoms in total. The van der Waals surface area contributed by atoms with Gasteiger partial charge in [0.1, 0.15) is 0 Å². The van der Waals surface area contributed by atoms with Crippen molar-refractivity contribution in [1.29, 1.82) is 0 Å². The second kappa shape index (κ2) is 7.25. The van der Waals surface area contributed by atoms with Crippen LogP contribution in [0.3, 0.4) is 0 Å². The van der Waals surface area contributed by atoms with Gasteiger partial charge < -0.3 is 9.73 Å². The van der Waals surface area contributed by atoms with Gasteiger partial charge in [-0.05, 0) is 30.3 Å². The summed E-state index contributed by atoms with van der Waals surface area (Å²) in [5, 5.41) is 10.8. The van der Waals surface area contributed by atoms with Crippen molar-refractivity contribution >= 4 is 11.6 Å². The molecule has 0 radical (unpaired) electrons. The Hall–Kier alpha value is -3.39. The summed E-state index contributed by atoms with van der Waals surface area (Å²) in [7, 11) is 0. The lowest BCUT2D eigenvalue weighted by Crippen LogP contribution is -2.12. The van der Waals surface area contributed by atoms with Gasteiger partial charge in [0.2, 0.25) is 17.7 Å². The predicted molar refractivity (Wildman–Crippen MR) is 91.1 cm³/mol. The number of hydrogen-bond donors (Lipinski definition) is 1.